The maximum atomic E-state index is 11.0. The number of nitrogens with one attached hydrogen (secondary N) is 2. The van der Waals surface area contributed by atoms with Gasteiger partial charge in [-0.05, 0) is 25.7 Å². The zero-order valence-corrected chi connectivity index (χ0v) is 9.71. The summed E-state index contributed by atoms with van der Waals surface area (Å²) in [6.07, 6.45) is 4.40. The van der Waals surface area contributed by atoms with Gasteiger partial charge in [0, 0.05) is 34.9 Å². The van der Waals surface area contributed by atoms with Crippen LogP contribution in [-0.4, -0.2) is 24.5 Å². The van der Waals surface area contributed by atoms with Crippen molar-refractivity contribution in [2.24, 2.45) is 5.73 Å². The van der Waals surface area contributed by atoms with Crippen molar-refractivity contribution in [3.8, 4) is 0 Å². The largest absolute Gasteiger partial charge is 0.352 e. The van der Waals surface area contributed by atoms with Crippen molar-refractivity contribution < 1.29 is 4.79 Å². The first-order chi connectivity index (χ1) is 6.26. The third-order valence-corrected chi connectivity index (χ3v) is 3.31. The predicted octanol–water partition coefficient (Wildman–Crippen LogP) is 0.312. The van der Waals surface area contributed by atoms with Crippen LogP contribution in [0.1, 0.15) is 25.7 Å². The van der Waals surface area contributed by atoms with E-state index >= 15 is 0 Å². The quantitative estimate of drug-likeness (QED) is 0.519. The molecule has 13 heavy (non-hydrogen) atoms. The molecule has 1 aliphatic carbocycles. The van der Waals surface area contributed by atoms with E-state index in [1.54, 1.807) is 0 Å². The normalized spacial score (nSPS) is 28.5. The summed E-state index contributed by atoms with van der Waals surface area (Å²) in [5.74, 6) is -0.0362. The van der Waals surface area contributed by atoms with Crippen molar-refractivity contribution in [2.75, 3.05) is 6.54 Å². The first kappa shape index (κ1) is 11.2. The van der Waals surface area contributed by atoms with Crippen molar-refractivity contribution in [1.82, 2.24) is 8.85 Å². The number of halogens is 1. The van der Waals surface area contributed by atoms with Gasteiger partial charge in [-0.25, -0.2) is 0 Å². The molecule has 0 atom stereocenters. The van der Waals surface area contributed by atoms with Gasteiger partial charge in [-0.1, -0.05) is 0 Å². The van der Waals surface area contributed by atoms with Crippen LogP contribution >= 0.6 is 22.9 Å². The van der Waals surface area contributed by atoms with E-state index in [1.165, 1.54) is 0 Å². The summed E-state index contributed by atoms with van der Waals surface area (Å²) >= 11 is 2.19. The predicted molar refractivity (Wildman–Crippen MR) is 60.4 cm³/mol. The summed E-state index contributed by atoms with van der Waals surface area (Å²) in [6.45, 7) is 0.102. The SMILES string of the molecule is NCC(=O)NC1CCC(NI)CC1. The highest BCUT2D eigenvalue weighted by Gasteiger charge is 2.20. The zero-order chi connectivity index (χ0) is 9.68. The Morgan fingerprint density at radius 2 is 1.85 bits per heavy atom. The van der Waals surface area contributed by atoms with Gasteiger partial charge in [0.25, 0.3) is 0 Å². The fraction of sp³-hybridized carbons (Fsp3) is 0.875. The highest BCUT2D eigenvalue weighted by atomic mass is 127. The van der Waals surface area contributed by atoms with E-state index in [0.717, 1.165) is 25.7 Å². The molecule has 0 spiro atoms. The van der Waals surface area contributed by atoms with Crippen LogP contribution in [-0.2, 0) is 4.79 Å². The average molecular weight is 297 g/mol. The van der Waals surface area contributed by atoms with Crippen LogP contribution in [0.4, 0.5) is 0 Å². The lowest BCUT2D eigenvalue weighted by Gasteiger charge is -2.28. The van der Waals surface area contributed by atoms with Crippen molar-refractivity contribution in [3.63, 3.8) is 0 Å². The van der Waals surface area contributed by atoms with Crippen molar-refractivity contribution in [1.29, 1.82) is 0 Å². The maximum absolute atomic E-state index is 11.0. The van der Waals surface area contributed by atoms with E-state index in [0.29, 0.717) is 12.1 Å². The Balaban J connectivity index is 2.21. The molecule has 1 rings (SSSR count). The molecule has 1 fully saturated rings. The Kier molecular flexibility index (Phi) is 4.97. The summed E-state index contributed by atoms with van der Waals surface area (Å²) in [7, 11) is 0. The molecule has 5 heteroatoms. The molecule has 1 amide bonds. The molecule has 4 nitrogen and oxygen atoms in total. The monoisotopic (exact) mass is 297 g/mol. The number of amides is 1. The second kappa shape index (κ2) is 5.77. The molecule has 0 aliphatic heterocycles. The number of rotatable bonds is 3. The van der Waals surface area contributed by atoms with Gasteiger partial charge in [-0.3, -0.25) is 8.32 Å². The average Bonchev–Trinajstić information content (AvgIpc) is 2.19. The minimum atomic E-state index is -0.0362. The maximum Gasteiger partial charge on any atom is 0.233 e. The lowest BCUT2D eigenvalue weighted by molar-refractivity contribution is -0.120. The van der Waals surface area contributed by atoms with Crippen LogP contribution in [0.5, 0.6) is 0 Å². The standard InChI is InChI=1S/C8H16IN3O/c9-12-7-3-1-6(2-4-7)11-8(13)5-10/h6-7,12H,1-5,10H2,(H,11,13). The Hall–Kier alpha value is 0.120. The molecule has 0 bridgehead atoms. The van der Waals surface area contributed by atoms with Gasteiger partial charge >= 0.3 is 0 Å². The molecule has 1 aliphatic rings. The molecule has 0 aromatic heterocycles. The third-order valence-electron chi connectivity index (χ3n) is 2.43. The molecule has 0 heterocycles. The lowest BCUT2D eigenvalue weighted by atomic mass is 9.92. The van der Waals surface area contributed by atoms with Crippen LogP contribution < -0.4 is 14.6 Å². The molecule has 0 radical (unpaired) electrons. The molecule has 0 saturated heterocycles. The highest BCUT2D eigenvalue weighted by Crippen LogP contribution is 2.19. The summed E-state index contributed by atoms with van der Waals surface area (Å²) in [6, 6.07) is 0.962. The fourth-order valence-electron chi connectivity index (χ4n) is 1.63. The highest BCUT2D eigenvalue weighted by molar-refractivity contribution is 14.1. The number of hydrogen-bond donors (Lipinski definition) is 3. The molecule has 0 aromatic rings. The molecular formula is C8H16IN3O. The van der Waals surface area contributed by atoms with Gasteiger partial charge in [0.15, 0.2) is 0 Å². The summed E-state index contributed by atoms with van der Waals surface area (Å²) in [4.78, 5) is 11.0. The van der Waals surface area contributed by atoms with Crippen LogP contribution in [0.3, 0.4) is 0 Å². The zero-order valence-electron chi connectivity index (χ0n) is 7.55. The van der Waals surface area contributed by atoms with Gasteiger partial charge in [0.2, 0.25) is 5.91 Å². The Labute approximate surface area is 92.5 Å². The topological polar surface area (TPSA) is 67.2 Å². The Morgan fingerprint density at radius 3 is 2.31 bits per heavy atom. The second-order valence-corrected chi connectivity index (χ2v) is 4.05. The van der Waals surface area contributed by atoms with Gasteiger partial charge < -0.3 is 11.1 Å². The number of carbonyl (C=O) groups excluding carboxylic acids is 1. The van der Waals surface area contributed by atoms with Crippen LogP contribution in [0, 0.1) is 0 Å². The fourth-order valence-corrected chi connectivity index (χ4v) is 2.26. The van der Waals surface area contributed by atoms with Crippen molar-refractivity contribution in [3.05, 3.63) is 0 Å². The van der Waals surface area contributed by atoms with E-state index in [-0.39, 0.29) is 12.5 Å². The molecule has 1 saturated carbocycles. The summed E-state index contributed by atoms with van der Waals surface area (Å²) in [5, 5.41) is 2.92. The van der Waals surface area contributed by atoms with Crippen LogP contribution in [0.2, 0.25) is 0 Å². The minimum Gasteiger partial charge on any atom is -0.352 e. The Bertz CT molecular complexity index is 169. The van der Waals surface area contributed by atoms with Crippen LogP contribution in [0.15, 0.2) is 0 Å². The second-order valence-electron chi connectivity index (χ2n) is 3.43. The third kappa shape index (κ3) is 3.78. The lowest BCUT2D eigenvalue weighted by Crippen LogP contribution is -2.42. The van der Waals surface area contributed by atoms with Gasteiger partial charge in [-0.2, -0.15) is 0 Å². The van der Waals surface area contributed by atoms with E-state index in [9.17, 15) is 4.79 Å². The van der Waals surface area contributed by atoms with E-state index < -0.39 is 0 Å². The molecular weight excluding hydrogens is 281 g/mol. The first-order valence-electron chi connectivity index (χ1n) is 4.62. The number of nitrogens with two attached hydrogens (primary N) is 1. The molecule has 0 aromatic carbocycles. The van der Waals surface area contributed by atoms with E-state index in [2.05, 4.69) is 31.7 Å². The number of hydrogen-bond acceptors (Lipinski definition) is 3. The molecule has 76 valence electrons. The van der Waals surface area contributed by atoms with Crippen molar-refractivity contribution >= 4 is 28.8 Å². The van der Waals surface area contributed by atoms with Gasteiger partial charge in [0.05, 0.1) is 6.54 Å². The number of carbonyl (C=O) groups is 1. The van der Waals surface area contributed by atoms with E-state index in [1.807, 2.05) is 0 Å². The summed E-state index contributed by atoms with van der Waals surface area (Å²) in [5.41, 5.74) is 5.22. The first-order valence-corrected chi connectivity index (χ1v) is 5.69. The van der Waals surface area contributed by atoms with Gasteiger partial charge in [0.1, 0.15) is 0 Å². The summed E-state index contributed by atoms with van der Waals surface area (Å²) < 4.78 is 3.22. The van der Waals surface area contributed by atoms with Crippen LogP contribution in [0.25, 0.3) is 0 Å². The van der Waals surface area contributed by atoms with Gasteiger partial charge in [-0.15, -0.1) is 0 Å². The Morgan fingerprint density at radius 1 is 1.31 bits per heavy atom. The van der Waals surface area contributed by atoms with Crippen molar-refractivity contribution in [2.45, 2.75) is 37.8 Å². The molecule has 4 N–H and O–H groups in total. The van der Waals surface area contributed by atoms with E-state index in [4.69, 9.17) is 5.73 Å². The smallest absolute Gasteiger partial charge is 0.233 e. The minimum absolute atomic E-state index is 0.0362. The molecule has 0 unspecified atom stereocenters.